The Morgan fingerprint density at radius 2 is 1.18 bits per heavy atom. The first-order valence-corrected chi connectivity index (χ1v) is 12.4. The molecule has 0 amide bonds. The van der Waals surface area contributed by atoms with E-state index in [0.717, 1.165) is 49.8 Å². The topological polar surface area (TPSA) is 20.2 Å². The number of hydrogen-bond acceptors (Lipinski definition) is 1. The van der Waals surface area contributed by atoms with Gasteiger partial charge < -0.3 is 5.11 Å². The zero-order valence-electron chi connectivity index (χ0n) is 18.4. The van der Waals surface area contributed by atoms with Gasteiger partial charge in [0, 0.05) is 26.7 Å². The van der Waals surface area contributed by atoms with Crippen LogP contribution in [0.2, 0.25) is 0 Å². The molecule has 0 fully saturated rings. The maximum atomic E-state index is 12.6. The molecule has 5 aromatic rings. The summed E-state index contributed by atoms with van der Waals surface area (Å²) in [6.45, 7) is 0. The van der Waals surface area contributed by atoms with E-state index >= 15 is 0 Å². The van der Waals surface area contributed by atoms with Crippen LogP contribution in [0.15, 0.2) is 114 Å². The average Bonchev–Trinajstić information content (AvgIpc) is 3.38. The third kappa shape index (κ3) is 2.64. The predicted molar refractivity (Wildman–Crippen MR) is 142 cm³/mol. The van der Waals surface area contributed by atoms with E-state index < -0.39 is 5.60 Å². The van der Waals surface area contributed by atoms with Crippen LogP contribution in [0.1, 0.15) is 27.8 Å². The molecule has 1 nitrogen and oxygen atoms in total. The SMILES string of the molecule is OC1(c2ccccc2-c2ccc3c(c2)-c2ccccc2C3)c2ccccc2-c2c(Br)cccc21. The zero-order valence-corrected chi connectivity index (χ0v) is 20.0. The second kappa shape index (κ2) is 7.27. The van der Waals surface area contributed by atoms with Gasteiger partial charge in [-0.3, -0.25) is 0 Å². The van der Waals surface area contributed by atoms with E-state index in [9.17, 15) is 5.11 Å². The van der Waals surface area contributed by atoms with Crippen molar-refractivity contribution in [1.29, 1.82) is 0 Å². The highest BCUT2D eigenvalue weighted by atomic mass is 79.9. The quantitative estimate of drug-likeness (QED) is 0.255. The van der Waals surface area contributed by atoms with Gasteiger partial charge in [-0.15, -0.1) is 0 Å². The number of halogens is 1. The molecule has 0 saturated carbocycles. The van der Waals surface area contributed by atoms with Gasteiger partial charge in [-0.05, 0) is 57.5 Å². The molecule has 1 N–H and O–H groups in total. The smallest absolute Gasteiger partial charge is 0.142 e. The maximum Gasteiger partial charge on any atom is 0.142 e. The molecule has 1 unspecified atom stereocenters. The van der Waals surface area contributed by atoms with Crippen LogP contribution in [-0.4, -0.2) is 5.11 Å². The first kappa shape index (κ1) is 20.0. The number of fused-ring (bicyclic) bond motifs is 6. The fourth-order valence-electron chi connectivity index (χ4n) is 5.89. The largest absolute Gasteiger partial charge is 0.376 e. The van der Waals surface area contributed by atoms with Crippen molar-refractivity contribution in [2.75, 3.05) is 0 Å². The summed E-state index contributed by atoms with van der Waals surface area (Å²) in [5.74, 6) is 0. The summed E-state index contributed by atoms with van der Waals surface area (Å²) in [6.07, 6.45) is 0.978. The lowest BCUT2D eigenvalue weighted by molar-refractivity contribution is 0.131. The van der Waals surface area contributed by atoms with Gasteiger partial charge in [-0.25, -0.2) is 0 Å². The van der Waals surface area contributed by atoms with Crippen molar-refractivity contribution >= 4 is 15.9 Å². The Labute approximate surface area is 207 Å². The average molecular weight is 501 g/mol. The van der Waals surface area contributed by atoms with Gasteiger partial charge in [0.15, 0.2) is 0 Å². The Kier molecular flexibility index (Phi) is 4.27. The number of rotatable bonds is 2. The van der Waals surface area contributed by atoms with Crippen LogP contribution in [0.5, 0.6) is 0 Å². The maximum absolute atomic E-state index is 12.6. The Morgan fingerprint density at radius 3 is 2.00 bits per heavy atom. The summed E-state index contributed by atoms with van der Waals surface area (Å²) < 4.78 is 1.000. The third-order valence-corrected chi connectivity index (χ3v) is 8.08. The molecule has 162 valence electrons. The van der Waals surface area contributed by atoms with E-state index in [2.05, 4.69) is 94.8 Å². The minimum Gasteiger partial charge on any atom is -0.376 e. The lowest BCUT2D eigenvalue weighted by Crippen LogP contribution is -2.27. The van der Waals surface area contributed by atoms with Gasteiger partial charge in [0.2, 0.25) is 0 Å². The molecule has 1 atom stereocenters. The minimum atomic E-state index is -1.23. The first-order valence-electron chi connectivity index (χ1n) is 11.6. The second-order valence-electron chi connectivity index (χ2n) is 9.17. The van der Waals surface area contributed by atoms with Crippen LogP contribution in [0, 0.1) is 0 Å². The van der Waals surface area contributed by atoms with E-state index in [4.69, 9.17) is 0 Å². The molecule has 2 aliphatic carbocycles. The molecule has 0 aromatic heterocycles. The Bertz CT molecular complexity index is 1620. The molecule has 7 rings (SSSR count). The minimum absolute atomic E-state index is 0.908. The van der Waals surface area contributed by atoms with Gasteiger partial charge in [-0.1, -0.05) is 113 Å². The number of aliphatic hydroxyl groups is 1. The molecule has 0 aliphatic heterocycles. The lowest BCUT2D eigenvalue weighted by atomic mass is 9.80. The summed E-state index contributed by atoms with van der Waals surface area (Å²) in [5, 5.41) is 12.6. The Balaban J connectivity index is 1.48. The van der Waals surface area contributed by atoms with Gasteiger partial charge in [0.25, 0.3) is 0 Å². The van der Waals surface area contributed by atoms with E-state index in [1.54, 1.807) is 0 Å². The summed E-state index contributed by atoms with van der Waals surface area (Å²) in [4.78, 5) is 0. The van der Waals surface area contributed by atoms with Gasteiger partial charge in [-0.2, -0.15) is 0 Å². The summed E-state index contributed by atoms with van der Waals surface area (Å²) in [5.41, 5.74) is 11.2. The molecule has 0 bridgehead atoms. The highest BCUT2D eigenvalue weighted by molar-refractivity contribution is 9.10. The summed E-state index contributed by atoms with van der Waals surface area (Å²) >= 11 is 3.74. The van der Waals surface area contributed by atoms with E-state index in [1.165, 1.54) is 22.3 Å². The van der Waals surface area contributed by atoms with Gasteiger partial charge in [0.1, 0.15) is 5.60 Å². The van der Waals surface area contributed by atoms with E-state index in [0.29, 0.717) is 0 Å². The molecule has 0 radical (unpaired) electrons. The summed E-state index contributed by atoms with van der Waals surface area (Å²) in [6, 6.07) is 38.0. The van der Waals surface area contributed by atoms with E-state index in [-0.39, 0.29) is 0 Å². The molecule has 0 spiro atoms. The molecular formula is C32H21BrO. The predicted octanol–water partition coefficient (Wildman–Crippen LogP) is 7.95. The van der Waals surface area contributed by atoms with Crippen LogP contribution >= 0.6 is 15.9 Å². The molecule has 0 saturated heterocycles. The van der Waals surface area contributed by atoms with E-state index in [1.807, 2.05) is 30.3 Å². The first-order chi connectivity index (χ1) is 16.7. The van der Waals surface area contributed by atoms with Crippen molar-refractivity contribution in [2.24, 2.45) is 0 Å². The third-order valence-electron chi connectivity index (χ3n) is 7.42. The Morgan fingerprint density at radius 1 is 0.559 bits per heavy atom. The molecule has 0 heterocycles. The van der Waals surface area contributed by atoms with Crippen molar-refractivity contribution in [1.82, 2.24) is 0 Å². The van der Waals surface area contributed by atoms with Gasteiger partial charge >= 0.3 is 0 Å². The molecule has 5 aromatic carbocycles. The van der Waals surface area contributed by atoms with Crippen LogP contribution in [0.4, 0.5) is 0 Å². The van der Waals surface area contributed by atoms with Crippen molar-refractivity contribution in [3.8, 4) is 33.4 Å². The standard InChI is InChI=1S/C32H21BrO/c33-30-15-7-14-29-31(30)25-11-4-6-13-28(25)32(29,34)27-12-5-3-10-24(27)22-17-16-21-18-20-8-1-2-9-23(20)26(21)19-22/h1-17,19,34H,18H2. The monoisotopic (exact) mass is 500 g/mol. The molecule has 2 heteroatoms. The van der Waals surface area contributed by atoms with Crippen molar-refractivity contribution in [3.63, 3.8) is 0 Å². The number of benzene rings is 5. The van der Waals surface area contributed by atoms with Crippen LogP contribution in [0.25, 0.3) is 33.4 Å². The van der Waals surface area contributed by atoms with Crippen LogP contribution < -0.4 is 0 Å². The highest BCUT2D eigenvalue weighted by Crippen LogP contribution is 2.54. The van der Waals surface area contributed by atoms with Gasteiger partial charge in [0.05, 0.1) is 0 Å². The molecule has 34 heavy (non-hydrogen) atoms. The van der Waals surface area contributed by atoms with Crippen molar-refractivity contribution < 1.29 is 5.11 Å². The summed E-state index contributed by atoms with van der Waals surface area (Å²) in [7, 11) is 0. The highest BCUT2D eigenvalue weighted by Gasteiger charge is 2.45. The fourth-order valence-corrected chi connectivity index (χ4v) is 6.47. The number of hydrogen-bond donors (Lipinski definition) is 1. The molecule has 2 aliphatic rings. The van der Waals surface area contributed by atoms with Crippen molar-refractivity contribution in [3.05, 3.63) is 141 Å². The van der Waals surface area contributed by atoms with Crippen molar-refractivity contribution in [2.45, 2.75) is 12.0 Å². The normalized spacial score (nSPS) is 17.1. The molecular weight excluding hydrogens is 480 g/mol. The van der Waals surface area contributed by atoms with Crippen LogP contribution in [0.3, 0.4) is 0 Å². The second-order valence-corrected chi connectivity index (χ2v) is 10.0. The van der Waals surface area contributed by atoms with Crippen LogP contribution in [-0.2, 0) is 12.0 Å². The zero-order chi connectivity index (χ0) is 22.9. The fraction of sp³-hybridized carbons (Fsp3) is 0.0625. The lowest BCUT2D eigenvalue weighted by Gasteiger charge is -2.29. The Hall–Kier alpha value is -3.46.